The van der Waals surface area contributed by atoms with Crippen molar-refractivity contribution in [3.05, 3.63) is 108 Å². The fourth-order valence-corrected chi connectivity index (χ4v) is 4.65. The van der Waals surface area contributed by atoms with Crippen LogP contribution in [0.2, 0.25) is 0 Å². The molecule has 0 unspecified atom stereocenters. The molecule has 1 atom stereocenters. The molecule has 4 aromatic rings. The number of nitrogen functional groups attached to an aromatic ring is 1. The van der Waals surface area contributed by atoms with Gasteiger partial charge in [-0.3, -0.25) is 15.0 Å². The number of ether oxygens (including phenoxy) is 3. The lowest BCUT2D eigenvalue weighted by atomic mass is 9.97. The van der Waals surface area contributed by atoms with Gasteiger partial charge in [0, 0.05) is 11.5 Å². The largest absolute Gasteiger partial charge is 0.492 e. The first-order valence-corrected chi connectivity index (χ1v) is 14.8. The van der Waals surface area contributed by atoms with Gasteiger partial charge in [-0.15, -0.1) is 0 Å². The minimum absolute atomic E-state index is 0.0122. The van der Waals surface area contributed by atoms with E-state index in [1.54, 1.807) is 54.6 Å². The van der Waals surface area contributed by atoms with E-state index in [1.807, 2.05) is 36.4 Å². The van der Waals surface area contributed by atoms with E-state index in [4.69, 9.17) is 31.1 Å². The molecule has 0 saturated carbocycles. The highest BCUT2D eigenvalue weighted by Gasteiger charge is 2.22. The summed E-state index contributed by atoms with van der Waals surface area (Å²) in [5, 5.41) is 12.2. The summed E-state index contributed by atoms with van der Waals surface area (Å²) >= 11 is 0. The molecular formula is C35H38N4O6. The van der Waals surface area contributed by atoms with Gasteiger partial charge in [0.25, 0.3) is 0 Å². The quantitative estimate of drug-likeness (QED) is 0.0465. The van der Waals surface area contributed by atoms with Crippen molar-refractivity contribution in [3.8, 4) is 11.5 Å². The van der Waals surface area contributed by atoms with Crippen LogP contribution in [-0.2, 0) is 20.9 Å². The monoisotopic (exact) mass is 610 g/mol. The van der Waals surface area contributed by atoms with E-state index in [0.717, 1.165) is 29.2 Å². The summed E-state index contributed by atoms with van der Waals surface area (Å²) in [6.07, 6.45) is 2.01. The molecule has 0 aliphatic rings. The number of benzene rings is 4. The molecule has 0 aromatic heterocycles. The Morgan fingerprint density at radius 3 is 2.24 bits per heavy atom. The third-order valence-electron chi connectivity index (χ3n) is 7.13. The standard InChI is InChI=1S/C35H38N4O6/c36-17-5-4-8-29(22-32(40)44-23-24-6-2-1-3-7-24)34(41)39-18-19-43-30-14-11-25(12-15-30)35(42)45-31-16-13-26-20-28(33(37)38)10-9-27(26)21-31/h1-3,6-7,9-16,20-21,29H,4-5,8,17-19,22-23,36H2,(H3,37,38)(H,39,41)/t29-/m1/s1. The summed E-state index contributed by atoms with van der Waals surface area (Å²) in [5.74, 6) is -0.797. The summed E-state index contributed by atoms with van der Waals surface area (Å²) in [5.41, 5.74) is 13.0. The van der Waals surface area contributed by atoms with Crippen LogP contribution in [0.3, 0.4) is 0 Å². The van der Waals surface area contributed by atoms with Crippen molar-refractivity contribution in [2.75, 3.05) is 19.7 Å². The predicted molar refractivity (Wildman–Crippen MR) is 172 cm³/mol. The van der Waals surface area contributed by atoms with E-state index in [9.17, 15) is 14.4 Å². The SMILES string of the molecule is N=C(N)c1ccc2cc(OC(=O)c3ccc(OCCNC(=O)[C@H](CCCCN)CC(=O)OCc4ccccc4)cc3)ccc2c1. The van der Waals surface area contributed by atoms with Crippen LogP contribution in [0.25, 0.3) is 10.8 Å². The molecule has 4 rings (SSSR count). The number of hydrogen-bond donors (Lipinski definition) is 4. The van der Waals surface area contributed by atoms with Gasteiger partial charge in [-0.05, 0) is 78.2 Å². The molecule has 45 heavy (non-hydrogen) atoms. The van der Waals surface area contributed by atoms with Gasteiger partial charge >= 0.3 is 11.9 Å². The number of nitrogens with one attached hydrogen (secondary N) is 2. The van der Waals surface area contributed by atoms with Gasteiger partial charge in [-0.1, -0.05) is 55.0 Å². The van der Waals surface area contributed by atoms with Gasteiger partial charge in [0.15, 0.2) is 0 Å². The Morgan fingerprint density at radius 2 is 1.51 bits per heavy atom. The van der Waals surface area contributed by atoms with Crippen molar-refractivity contribution in [2.45, 2.75) is 32.3 Å². The highest BCUT2D eigenvalue weighted by Crippen LogP contribution is 2.23. The average Bonchev–Trinajstić information content (AvgIpc) is 3.05. The highest BCUT2D eigenvalue weighted by atomic mass is 16.5. The number of amidine groups is 1. The molecule has 0 spiro atoms. The van der Waals surface area contributed by atoms with Crippen molar-refractivity contribution in [2.24, 2.45) is 17.4 Å². The van der Waals surface area contributed by atoms with Crippen LogP contribution in [0.5, 0.6) is 11.5 Å². The lowest BCUT2D eigenvalue weighted by molar-refractivity contribution is -0.148. The number of amides is 1. The van der Waals surface area contributed by atoms with E-state index in [2.05, 4.69) is 5.32 Å². The van der Waals surface area contributed by atoms with Crippen LogP contribution in [0.1, 0.15) is 47.2 Å². The molecule has 0 aliphatic heterocycles. The van der Waals surface area contributed by atoms with E-state index in [-0.39, 0.29) is 37.9 Å². The second-order valence-electron chi connectivity index (χ2n) is 10.5. The molecule has 0 aliphatic carbocycles. The molecule has 0 radical (unpaired) electrons. The minimum atomic E-state index is -0.522. The summed E-state index contributed by atoms with van der Waals surface area (Å²) in [6, 6.07) is 26.5. The number of nitrogens with two attached hydrogens (primary N) is 2. The van der Waals surface area contributed by atoms with Crippen molar-refractivity contribution < 1.29 is 28.6 Å². The van der Waals surface area contributed by atoms with E-state index >= 15 is 0 Å². The number of fused-ring (bicyclic) bond motifs is 1. The van der Waals surface area contributed by atoms with E-state index < -0.39 is 17.9 Å². The van der Waals surface area contributed by atoms with Crippen molar-refractivity contribution in [1.82, 2.24) is 5.32 Å². The van der Waals surface area contributed by atoms with Crippen molar-refractivity contribution in [3.63, 3.8) is 0 Å². The molecule has 0 bridgehead atoms. The molecule has 1 amide bonds. The van der Waals surface area contributed by atoms with Gasteiger partial charge in [0.2, 0.25) is 5.91 Å². The number of hydrogen-bond acceptors (Lipinski definition) is 8. The fraction of sp³-hybridized carbons (Fsp3) is 0.257. The molecule has 6 N–H and O–H groups in total. The zero-order chi connectivity index (χ0) is 32.0. The van der Waals surface area contributed by atoms with Crippen LogP contribution < -0.4 is 26.3 Å². The topological polar surface area (TPSA) is 167 Å². The highest BCUT2D eigenvalue weighted by molar-refractivity contribution is 5.99. The van der Waals surface area contributed by atoms with Crippen LogP contribution in [0.4, 0.5) is 0 Å². The Bertz CT molecular complexity index is 1610. The molecule has 0 saturated heterocycles. The Labute approximate surface area is 262 Å². The maximum absolute atomic E-state index is 12.9. The molecule has 0 fully saturated rings. The Balaban J connectivity index is 1.22. The molecule has 10 heteroatoms. The molecule has 234 valence electrons. The van der Waals surface area contributed by atoms with Crippen LogP contribution in [-0.4, -0.2) is 43.4 Å². The van der Waals surface area contributed by atoms with Gasteiger partial charge in [-0.25, -0.2) is 4.79 Å². The normalized spacial score (nSPS) is 11.4. The maximum Gasteiger partial charge on any atom is 0.343 e. The summed E-state index contributed by atoms with van der Waals surface area (Å²) in [4.78, 5) is 38.0. The first-order valence-electron chi connectivity index (χ1n) is 14.8. The number of unbranched alkanes of at least 4 members (excludes halogenated alkanes) is 1. The third-order valence-corrected chi connectivity index (χ3v) is 7.13. The maximum atomic E-state index is 12.9. The van der Waals surface area contributed by atoms with Gasteiger partial charge in [0.05, 0.1) is 18.5 Å². The molecule has 10 nitrogen and oxygen atoms in total. The second-order valence-corrected chi connectivity index (χ2v) is 10.5. The van der Waals surface area contributed by atoms with Crippen LogP contribution in [0.15, 0.2) is 91.0 Å². The predicted octanol–water partition coefficient (Wildman–Crippen LogP) is 4.72. The number of esters is 2. The van der Waals surface area contributed by atoms with Gasteiger partial charge in [-0.2, -0.15) is 0 Å². The Hall–Kier alpha value is -5.22. The molecule has 0 heterocycles. The van der Waals surface area contributed by atoms with E-state index in [1.165, 1.54) is 0 Å². The first kappa shape index (κ1) is 32.7. The third kappa shape index (κ3) is 10.2. The second kappa shape index (κ2) is 16.6. The lowest BCUT2D eigenvalue weighted by Crippen LogP contribution is -2.35. The number of rotatable bonds is 16. The smallest absolute Gasteiger partial charge is 0.343 e. The fourth-order valence-electron chi connectivity index (χ4n) is 4.65. The van der Waals surface area contributed by atoms with E-state index in [0.29, 0.717) is 35.6 Å². The Kier molecular flexibility index (Phi) is 12.0. The zero-order valence-corrected chi connectivity index (χ0v) is 25.0. The van der Waals surface area contributed by atoms with Crippen LogP contribution in [0, 0.1) is 11.3 Å². The van der Waals surface area contributed by atoms with Gasteiger partial charge < -0.3 is 31.0 Å². The Morgan fingerprint density at radius 1 is 0.822 bits per heavy atom. The van der Waals surface area contributed by atoms with Crippen molar-refractivity contribution >= 4 is 34.5 Å². The summed E-state index contributed by atoms with van der Waals surface area (Å²) in [6.45, 7) is 1.12. The average molecular weight is 611 g/mol. The summed E-state index contributed by atoms with van der Waals surface area (Å²) < 4.78 is 16.6. The zero-order valence-electron chi connectivity index (χ0n) is 25.0. The van der Waals surface area contributed by atoms with Crippen molar-refractivity contribution in [1.29, 1.82) is 5.41 Å². The van der Waals surface area contributed by atoms with Crippen LogP contribution >= 0.6 is 0 Å². The number of carbonyl (C=O) groups excluding carboxylic acids is 3. The minimum Gasteiger partial charge on any atom is -0.492 e. The number of carbonyl (C=O) groups is 3. The summed E-state index contributed by atoms with van der Waals surface area (Å²) in [7, 11) is 0. The first-order chi connectivity index (χ1) is 21.8. The van der Waals surface area contributed by atoms with Gasteiger partial charge in [0.1, 0.15) is 30.5 Å². The lowest BCUT2D eigenvalue weighted by Gasteiger charge is -2.16. The molecule has 4 aromatic carbocycles. The molecular weight excluding hydrogens is 572 g/mol.